The number of methoxy groups -OCH3 is 1. The van der Waals surface area contributed by atoms with E-state index < -0.39 is 89.5 Å². The molecule has 5 amide bonds. The number of nitrogens with zero attached hydrogens (tertiary/aromatic N) is 3. The molecule has 0 aromatic heterocycles. The Balaban J connectivity index is 0.504. The number of nitrogens with one attached hydrogen (secondary N) is 3. The van der Waals surface area contributed by atoms with Crippen molar-refractivity contribution in [2.24, 2.45) is 11.3 Å². The number of ketones is 2. The third-order valence-corrected chi connectivity index (χ3v) is 20.3. The van der Waals surface area contributed by atoms with Crippen molar-refractivity contribution >= 4 is 46.8 Å². The smallest absolute Gasteiger partial charge is 0.252 e. The minimum Gasteiger partial charge on any atom is -0.507 e. The van der Waals surface area contributed by atoms with E-state index in [1.54, 1.807) is 4.90 Å². The molecular formula is C72H86N6O19. The zero-order valence-electron chi connectivity index (χ0n) is 54.9. The fraction of sp³-hybridized carbons (Fsp3) is 0.542. The number of aliphatic hydroxyl groups is 1. The standard InChI is InChI=1S/C72H86N6O19/c1-44-68-52(77-28-31-94-43-58(77)97-68)38-59(95-44)96-54-40-72(88,39-50-61(54)67(85)63-62(65(50)83)64(82)49-11-7-13-53(89-2)60(49)66(63)84)70(87)75-41-55(79)73-25-30-91-33-35-93-37-36-92-34-32-90-29-19-56(80)76-26-22-71(23-27-76)20-16-47(17-21-71)69(86)74-24-18-57(81)78-42-48-10-4-3-8-45(48)14-15-46-9-5-6-12-51(46)78/h3-13,44,47,52,54,58-59,68,83,85,88H,16-43H2,1-2H3,(H,73,79)(H,74,86)(H,75,87)/t44-,52-,54-,58+,59-,68+,72-/m0/s1. The molecule has 12 rings (SSSR count). The normalized spacial score (nSPS) is 23.9. The maximum atomic E-state index is 14.2. The minimum atomic E-state index is -2.37. The van der Waals surface area contributed by atoms with Crippen molar-refractivity contribution < 1.29 is 91.5 Å². The van der Waals surface area contributed by atoms with E-state index in [-0.39, 0.29) is 134 Å². The van der Waals surface area contributed by atoms with Crippen LogP contribution in [0.3, 0.4) is 0 Å². The molecule has 25 nitrogen and oxygen atoms in total. The number of para-hydroxylation sites is 1. The number of fused-ring (bicyclic) bond motifs is 8. The largest absolute Gasteiger partial charge is 0.507 e. The molecule has 5 heterocycles. The highest BCUT2D eigenvalue weighted by molar-refractivity contribution is 6.31. The lowest BCUT2D eigenvalue weighted by atomic mass is 9.65. The zero-order valence-corrected chi connectivity index (χ0v) is 54.9. The Hall–Kier alpha value is -7.87. The lowest BCUT2D eigenvalue weighted by molar-refractivity contribution is -0.247. The molecule has 0 unspecified atom stereocenters. The van der Waals surface area contributed by atoms with Crippen LogP contribution in [0.2, 0.25) is 0 Å². The van der Waals surface area contributed by atoms with Gasteiger partial charge in [-0.05, 0) is 80.7 Å². The minimum absolute atomic E-state index is 0.000159. The number of morpholine rings is 1. The van der Waals surface area contributed by atoms with Crippen LogP contribution < -0.4 is 25.6 Å². The first-order valence-corrected chi connectivity index (χ1v) is 33.8. The van der Waals surface area contributed by atoms with Crippen molar-refractivity contribution in [3.63, 3.8) is 0 Å². The molecule has 4 aromatic carbocycles. The van der Waals surface area contributed by atoms with Crippen LogP contribution in [0.5, 0.6) is 17.2 Å². The molecular weight excluding hydrogens is 1250 g/mol. The highest BCUT2D eigenvalue weighted by Crippen LogP contribution is 2.53. The number of likely N-dealkylation sites (tertiary alicyclic amines) is 1. The Bertz CT molecular complexity index is 3660. The van der Waals surface area contributed by atoms with Crippen LogP contribution in [0.1, 0.15) is 137 Å². The Morgan fingerprint density at radius 2 is 1.40 bits per heavy atom. The molecule has 3 aliphatic carbocycles. The van der Waals surface area contributed by atoms with E-state index in [9.17, 15) is 48.9 Å². The molecule has 25 heteroatoms. The zero-order chi connectivity index (χ0) is 67.8. The molecule has 0 bridgehead atoms. The molecule has 4 saturated heterocycles. The maximum Gasteiger partial charge on any atom is 0.252 e. The van der Waals surface area contributed by atoms with Gasteiger partial charge in [0.25, 0.3) is 5.91 Å². The van der Waals surface area contributed by atoms with Gasteiger partial charge in [-0.1, -0.05) is 54.3 Å². The Morgan fingerprint density at radius 1 is 0.711 bits per heavy atom. The molecule has 8 aliphatic rings. The first-order chi connectivity index (χ1) is 47.0. The number of piperidine rings is 1. The van der Waals surface area contributed by atoms with Crippen LogP contribution >= 0.6 is 0 Å². The van der Waals surface area contributed by atoms with E-state index in [0.29, 0.717) is 65.8 Å². The van der Waals surface area contributed by atoms with E-state index in [0.717, 1.165) is 60.9 Å². The van der Waals surface area contributed by atoms with Crippen molar-refractivity contribution in [1.29, 1.82) is 0 Å². The van der Waals surface area contributed by atoms with Gasteiger partial charge in [0.15, 0.2) is 12.1 Å². The predicted octanol–water partition coefficient (Wildman–Crippen LogP) is 4.12. The van der Waals surface area contributed by atoms with Crippen LogP contribution in [0, 0.1) is 23.2 Å². The van der Waals surface area contributed by atoms with Gasteiger partial charge in [0.1, 0.15) is 35.2 Å². The summed E-state index contributed by atoms with van der Waals surface area (Å²) in [6.45, 7) is 7.12. The SMILES string of the molecule is COc1cccc2c1C(=O)c1c(O)c3c(c(O)c1C2=O)C[C@@](O)(C(=O)NCC(=O)NCCOCCOCCOCCOCCC(=O)N1CCC2(CCC(C(=O)NCCC(=O)N4Cc5ccccc5C#Cc5ccccc54)CC2)CC1)C[C@@H]3O[C@H]1C[C@H]2[C@H](O[C@@H]3COCCN32)[C@H](C)O1. The molecule has 6 N–H and O–H groups in total. The fourth-order valence-corrected chi connectivity index (χ4v) is 15.0. The first-order valence-electron chi connectivity index (χ1n) is 33.8. The summed E-state index contributed by atoms with van der Waals surface area (Å²) in [5, 5.41) is 44.5. The topological polar surface area (TPSA) is 309 Å². The van der Waals surface area contributed by atoms with Gasteiger partial charge >= 0.3 is 0 Å². The summed E-state index contributed by atoms with van der Waals surface area (Å²) in [5.41, 5.74) is -0.196. The number of hydrogen-bond acceptors (Lipinski definition) is 20. The molecule has 7 atom stereocenters. The summed E-state index contributed by atoms with van der Waals surface area (Å²) >= 11 is 0. The van der Waals surface area contributed by atoms with Crippen molar-refractivity contribution in [2.45, 2.75) is 127 Å². The maximum absolute atomic E-state index is 14.2. The number of rotatable bonds is 25. The molecule has 97 heavy (non-hydrogen) atoms. The molecule has 4 aromatic rings. The average Bonchev–Trinajstić information content (AvgIpc) is 1.30. The van der Waals surface area contributed by atoms with Gasteiger partial charge in [-0.3, -0.25) is 38.5 Å². The molecule has 518 valence electrons. The number of amides is 5. The average molecular weight is 1340 g/mol. The van der Waals surface area contributed by atoms with Gasteiger partial charge in [-0.15, -0.1) is 0 Å². The van der Waals surface area contributed by atoms with Crippen molar-refractivity contribution in [3.8, 4) is 29.1 Å². The number of ether oxygens (including phenoxy) is 9. The number of carbonyl (C=O) groups excluding carboxylic acids is 7. The second kappa shape index (κ2) is 30.9. The molecule has 1 spiro atoms. The number of aromatic hydroxyl groups is 2. The molecule has 1 saturated carbocycles. The van der Waals surface area contributed by atoms with E-state index >= 15 is 0 Å². The van der Waals surface area contributed by atoms with Crippen LogP contribution in [-0.2, 0) is 74.8 Å². The number of hydrogen-bond donors (Lipinski definition) is 6. The van der Waals surface area contributed by atoms with Crippen LogP contribution in [0.4, 0.5) is 5.69 Å². The van der Waals surface area contributed by atoms with E-state index in [4.69, 9.17) is 42.6 Å². The van der Waals surface area contributed by atoms with Crippen LogP contribution in [-0.4, -0.2) is 215 Å². The number of benzene rings is 4. The third kappa shape index (κ3) is 15.2. The van der Waals surface area contributed by atoms with Gasteiger partial charge in [0, 0.05) is 98.2 Å². The summed E-state index contributed by atoms with van der Waals surface area (Å²) in [6.07, 6.45) is 1.47. The highest BCUT2D eigenvalue weighted by Gasteiger charge is 2.54. The second-order valence-corrected chi connectivity index (χ2v) is 26.2. The summed E-state index contributed by atoms with van der Waals surface area (Å²) in [7, 11) is 1.34. The lowest BCUT2D eigenvalue weighted by Gasteiger charge is -2.45. The molecule has 5 aliphatic heterocycles. The summed E-state index contributed by atoms with van der Waals surface area (Å²) in [5.74, 6) is 1.96. The molecule has 5 fully saturated rings. The van der Waals surface area contributed by atoms with Crippen molar-refractivity contribution in [1.82, 2.24) is 25.8 Å². The van der Waals surface area contributed by atoms with Crippen LogP contribution in [0.25, 0.3) is 0 Å². The number of anilines is 1. The molecule has 0 radical (unpaired) electrons. The Morgan fingerprint density at radius 3 is 2.15 bits per heavy atom. The van der Waals surface area contributed by atoms with Gasteiger partial charge in [-0.25, -0.2) is 0 Å². The predicted molar refractivity (Wildman–Crippen MR) is 347 cm³/mol. The van der Waals surface area contributed by atoms with Crippen LogP contribution in [0.15, 0.2) is 66.7 Å². The van der Waals surface area contributed by atoms with E-state index in [1.807, 2.05) is 60.4 Å². The van der Waals surface area contributed by atoms with Gasteiger partial charge in [-0.2, -0.15) is 0 Å². The van der Waals surface area contributed by atoms with Gasteiger partial charge in [0.05, 0.1) is 127 Å². The summed E-state index contributed by atoms with van der Waals surface area (Å²) in [6, 6.07) is 19.8. The van der Waals surface area contributed by atoms with Crippen molar-refractivity contribution in [3.05, 3.63) is 117 Å². The lowest BCUT2D eigenvalue weighted by Crippen LogP contribution is -2.55. The van der Waals surface area contributed by atoms with Gasteiger partial charge < -0.3 is 83.7 Å². The second-order valence-electron chi connectivity index (χ2n) is 26.2. The van der Waals surface area contributed by atoms with Crippen molar-refractivity contribution in [2.75, 3.05) is 117 Å². The monoisotopic (exact) mass is 1340 g/mol. The highest BCUT2D eigenvalue weighted by atomic mass is 16.7. The quantitative estimate of drug-likeness (QED) is 0.0272. The summed E-state index contributed by atoms with van der Waals surface area (Å²) < 4.78 is 52.8. The third-order valence-electron chi connectivity index (χ3n) is 20.3. The van der Waals surface area contributed by atoms with E-state index in [1.165, 1.54) is 25.3 Å². The van der Waals surface area contributed by atoms with Gasteiger partial charge in [0.2, 0.25) is 29.4 Å². The summed E-state index contributed by atoms with van der Waals surface area (Å²) in [4.78, 5) is 101. The fourth-order valence-electron chi connectivity index (χ4n) is 15.0. The first kappa shape index (κ1) is 69.0. The number of phenolic OH excluding ortho intramolecular Hbond substituents is 2. The number of carbonyl (C=O) groups is 7. The van der Waals surface area contributed by atoms with E-state index in [2.05, 4.69) is 32.7 Å². The Labute approximate surface area is 563 Å². The number of phenols is 2. The Kier molecular flexibility index (Phi) is 22.0.